The number of anilines is 1. The summed E-state index contributed by atoms with van der Waals surface area (Å²) >= 11 is 0. The van der Waals surface area contributed by atoms with Crippen LogP contribution < -0.4 is 14.4 Å². The number of amides is 2. The Morgan fingerprint density at radius 3 is 2.39 bits per heavy atom. The van der Waals surface area contributed by atoms with Gasteiger partial charge >= 0.3 is 0 Å². The van der Waals surface area contributed by atoms with Crippen LogP contribution in [0, 0.1) is 6.92 Å². The quantitative estimate of drug-likeness (QED) is 0.410. The van der Waals surface area contributed by atoms with Gasteiger partial charge in [0, 0.05) is 26.1 Å². The average molecular weight is 518 g/mol. The molecule has 0 aromatic heterocycles. The van der Waals surface area contributed by atoms with Crippen molar-refractivity contribution in [3.63, 3.8) is 0 Å². The van der Waals surface area contributed by atoms with Crippen LogP contribution in [0.4, 0.5) is 5.69 Å². The summed E-state index contributed by atoms with van der Waals surface area (Å²) in [5, 5.41) is 2.83. The van der Waals surface area contributed by atoms with Gasteiger partial charge in [0.1, 0.15) is 11.8 Å². The largest absolute Gasteiger partial charge is 0.492 e. The summed E-state index contributed by atoms with van der Waals surface area (Å²) in [5.74, 6) is 0.0886. The molecular weight excluding hydrogens is 478 g/mol. The lowest BCUT2D eigenvalue weighted by Gasteiger charge is -2.31. The SMILES string of the molecule is CCNC(=O)[C@H](CC)N(Cc1cccc(C)c1)C(=O)CCCN(c1ccccc1OCC)S(C)(=O)=O. The van der Waals surface area contributed by atoms with Crippen LogP contribution in [0.1, 0.15) is 51.2 Å². The fourth-order valence-electron chi connectivity index (χ4n) is 4.14. The molecule has 0 aliphatic rings. The number of benzene rings is 2. The monoisotopic (exact) mass is 517 g/mol. The van der Waals surface area contributed by atoms with Gasteiger partial charge in [0.15, 0.2) is 0 Å². The number of hydrogen-bond donors (Lipinski definition) is 1. The van der Waals surface area contributed by atoms with E-state index in [4.69, 9.17) is 4.74 Å². The van der Waals surface area contributed by atoms with Crippen LogP contribution in [0.3, 0.4) is 0 Å². The molecule has 0 bridgehead atoms. The molecule has 0 aliphatic heterocycles. The highest BCUT2D eigenvalue weighted by molar-refractivity contribution is 7.92. The van der Waals surface area contributed by atoms with Gasteiger partial charge in [-0.2, -0.15) is 0 Å². The fourth-order valence-corrected chi connectivity index (χ4v) is 5.11. The van der Waals surface area contributed by atoms with Crippen molar-refractivity contribution in [2.24, 2.45) is 0 Å². The van der Waals surface area contributed by atoms with E-state index in [1.807, 2.05) is 52.0 Å². The lowest BCUT2D eigenvalue weighted by Crippen LogP contribution is -2.49. The lowest BCUT2D eigenvalue weighted by molar-refractivity contribution is -0.141. The molecule has 0 fully saturated rings. The van der Waals surface area contributed by atoms with E-state index < -0.39 is 16.1 Å². The number of hydrogen-bond acceptors (Lipinski definition) is 5. The summed E-state index contributed by atoms with van der Waals surface area (Å²) in [7, 11) is -3.61. The molecule has 2 aromatic rings. The van der Waals surface area contributed by atoms with Gasteiger partial charge in [-0.1, -0.05) is 48.9 Å². The van der Waals surface area contributed by atoms with Crippen molar-refractivity contribution in [2.75, 3.05) is 30.3 Å². The summed E-state index contributed by atoms with van der Waals surface area (Å²) in [6.45, 7) is 8.84. The van der Waals surface area contributed by atoms with E-state index in [9.17, 15) is 18.0 Å². The summed E-state index contributed by atoms with van der Waals surface area (Å²) in [4.78, 5) is 27.8. The predicted octanol–water partition coefficient (Wildman–Crippen LogP) is 3.88. The van der Waals surface area contributed by atoms with Crippen LogP contribution in [0.15, 0.2) is 48.5 Å². The second kappa shape index (κ2) is 13.9. The molecule has 36 heavy (non-hydrogen) atoms. The Morgan fingerprint density at radius 1 is 1.06 bits per heavy atom. The van der Waals surface area contributed by atoms with Crippen molar-refractivity contribution in [2.45, 2.75) is 59.5 Å². The van der Waals surface area contributed by atoms with E-state index in [1.54, 1.807) is 29.2 Å². The van der Waals surface area contributed by atoms with Crippen LogP contribution in [0.2, 0.25) is 0 Å². The first-order chi connectivity index (χ1) is 17.1. The first-order valence-electron chi connectivity index (χ1n) is 12.4. The van der Waals surface area contributed by atoms with Gasteiger partial charge in [-0.25, -0.2) is 8.42 Å². The highest BCUT2D eigenvalue weighted by Crippen LogP contribution is 2.30. The smallest absolute Gasteiger partial charge is 0.242 e. The molecule has 198 valence electrons. The molecule has 2 aromatic carbocycles. The maximum absolute atomic E-state index is 13.4. The zero-order chi connectivity index (χ0) is 26.7. The molecule has 0 saturated heterocycles. The van der Waals surface area contributed by atoms with Crippen molar-refractivity contribution < 1.29 is 22.7 Å². The predicted molar refractivity (Wildman–Crippen MR) is 144 cm³/mol. The van der Waals surface area contributed by atoms with Crippen LogP contribution in [-0.4, -0.2) is 57.1 Å². The van der Waals surface area contributed by atoms with Gasteiger partial charge in [0.25, 0.3) is 0 Å². The van der Waals surface area contributed by atoms with E-state index in [2.05, 4.69) is 5.32 Å². The molecule has 0 spiro atoms. The molecule has 0 radical (unpaired) electrons. The number of para-hydroxylation sites is 2. The Balaban J connectivity index is 2.24. The Hall–Kier alpha value is -3.07. The molecule has 1 atom stereocenters. The number of likely N-dealkylation sites (N-methyl/N-ethyl adjacent to an activating group) is 1. The van der Waals surface area contributed by atoms with Gasteiger partial charge in [0.05, 0.1) is 18.6 Å². The van der Waals surface area contributed by atoms with Gasteiger partial charge in [-0.3, -0.25) is 13.9 Å². The maximum Gasteiger partial charge on any atom is 0.242 e. The van der Waals surface area contributed by atoms with Crippen molar-refractivity contribution in [3.8, 4) is 5.75 Å². The van der Waals surface area contributed by atoms with E-state index >= 15 is 0 Å². The minimum Gasteiger partial charge on any atom is -0.492 e. The molecule has 8 nitrogen and oxygen atoms in total. The first kappa shape index (κ1) is 29.2. The van der Waals surface area contributed by atoms with E-state index in [0.717, 1.165) is 17.4 Å². The summed E-state index contributed by atoms with van der Waals surface area (Å²) in [6, 6.07) is 14.2. The third-order valence-corrected chi connectivity index (χ3v) is 6.94. The molecular formula is C27H39N3O5S. The summed E-state index contributed by atoms with van der Waals surface area (Å²) < 4.78 is 32.1. The number of nitrogens with zero attached hydrogens (tertiary/aromatic N) is 2. The van der Waals surface area contributed by atoms with Gasteiger partial charge in [-0.15, -0.1) is 0 Å². The van der Waals surface area contributed by atoms with Crippen molar-refractivity contribution in [1.82, 2.24) is 10.2 Å². The average Bonchev–Trinajstić information content (AvgIpc) is 2.82. The number of aryl methyl sites for hydroxylation is 1. The molecule has 0 saturated carbocycles. The molecule has 0 unspecified atom stereocenters. The van der Waals surface area contributed by atoms with E-state index in [-0.39, 0.29) is 24.8 Å². The van der Waals surface area contributed by atoms with Crippen molar-refractivity contribution in [1.29, 1.82) is 0 Å². The lowest BCUT2D eigenvalue weighted by atomic mass is 10.1. The minimum absolute atomic E-state index is 0.102. The molecule has 0 heterocycles. The first-order valence-corrected chi connectivity index (χ1v) is 14.3. The number of ether oxygens (including phenoxy) is 1. The highest BCUT2D eigenvalue weighted by Gasteiger charge is 2.29. The molecule has 2 rings (SSSR count). The van der Waals surface area contributed by atoms with Gasteiger partial charge in [-0.05, 0) is 51.3 Å². The summed E-state index contributed by atoms with van der Waals surface area (Å²) in [5.41, 5.74) is 2.46. The third-order valence-electron chi connectivity index (χ3n) is 5.76. The number of rotatable bonds is 14. The minimum atomic E-state index is -3.61. The van der Waals surface area contributed by atoms with Crippen LogP contribution in [0.5, 0.6) is 5.75 Å². The van der Waals surface area contributed by atoms with Gasteiger partial charge < -0.3 is 15.0 Å². The maximum atomic E-state index is 13.4. The normalized spacial score (nSPS) is 12.0. The Bertz CT molecular complexity index is 1120. The van der Waals surface area contributed by atoms with Crippen molar-refractivity contribution >= 4 is 27.5 Å². The molecule has 0 aliphatic carbocycles. The molecule has 1 N–H and O–H groups in total. The van der Waals surface area contributed by atoms with Crippen LogP contribution >= 0.6 is 0 Å². The number of nitrogens with one attached hydrogen (secondary N) is 1. The molecule has 2 amide bonds. The van der Waals surface area contributed by atoms with Crippen molar-refractivity contribution in [3.05, 3.63) is 59.7 Å². The zero-order valence-corrected chi connectivity index (χ0v) is 22.8. The van der Waals surface area contributed by atoms with Crippen LogP contribution in [0.25, 0.3) is 0 Å². The topological polar surface area (TPSA) is 96.0 Å². The third kappa shape index (κ3) is 8.26. The Kier molecular flexibility index (Phi) is 11.2. The Labute approximate surface area is 215 Å². The zero-order valence-electron chi connectivity index (χ0n) is 22.0. The number of carbonyl (C=O) groups is 2. The molecule has 9 heteroatoms. The van der Waals surface area contributed by atoms with Crippen LogP contribution in [-0.2, 0) is 26.2 Å². The highest BCUT2D eigenvalue weighted by atomic mass is 32.2. The number of carbonyl (C=O) groups excluding carboxylic acids is 2. The fraction of sp³-hybridized carbons (Fsp3) is 0.481. The standard InChI is InChI=1S/C27H39N3O5S/c1-6-23(27(32)28-7-2)29(20-22-14-11-13-21(4)19-22)26(31)17-12-18-30(36(5,33)34)24-15-9-10-16-25(24)35-8-3/h9-11,13-16,19,23H,6-8,12,17-18,20H2,1-5H3,(H,28,32)/t23-/m0/s1. The summed E-state index contributed by atoms with van der Waals surface area (Å²) in [6.07, 6.45) is 2.01. The van der Waals surface area contributed by atoms with E-state index in [1.165, 1.54) is 4.31 Å². The second-order valence-corrected chi connectivity index (χ2v) is 10.6. The van der Waals surface area contributed by atoms with Gasteiger partial charge in [0.2, 0.25) is 21.8 Å². The Morgan fingerprint density at radius 2 is 1.78 bits per heavy atom. The van der Waals surface area contributed by atoms with E-state index in [0.29, 0.717) is 44.0 Å². The number of sulfonamides is 1. The second-order valence-electron chi connectivity index (χ2n) is 8.67.